The molecule has 2 N–H and O–H groups in total. The number of aromatic nitrogens is 3. The van der Waals surface area contributed by atoms with Crippen LogP contribution >= 0.6 is 0 Å². The Morgan fingerprint density at radius 2 is 1.87 bits per heavy atom. The molecular formula is C24H30N4O2. The van der Waals surface area contributed by atoms with Crippen molar-refractivity contribution in [3.63, 3.8) is 0 Å². The molecule has 0 amide bonds. The van der Waals surface area contributed by atoms with Crippen LogP contribution in [0.1, 0.15) is 75.5 Å². The third kappa shape index (κ3) is 3.69. The molecule has 6 nitrogen and oxygen atoms in total. The van der Waals surface area contributed by atoms with Gasteiger partial charge in [-0.25, -0.2) is 4.98 Å². The summed E-state index contributed by atoms with van der Waals surface area (Å²) in [6, 6.07) is 7.28. The molecule has 5 rings (SSSR count). The van der Waals surface area contributed by atoms with E-state index in [-0.39, 0.29) is 17.6 Å². The Kier molecular flexibility index (Phi) is 4.58. The lowest BCUT2D eigenvalue weighted by atomic mass is 9.83. The topological polar surface area (TPSA) is 84.1 Å². The molecule has 0 saturated heterocycles. The second-order valence-electron chi connectivity index (χ2n) is 10.0. The minimum Gasteiger partial charge on any atom is -0.402 e. The molecule has 0 spiro atoms. The van der Waals surface area contributed by atoms with Gasteiger partial charge in [0.2, 0.25) is 0 Å². The van der Waals surface area contributed by atoms with Crippen molar-refractivity contribution in [2.24, 2.45) is 0 Å². The molecule has 2 atom stereocenters. The number of anilines is 1. The van der Waals surface area contributed by atoms with Crippen LogP contribution in [-0.2, 0) is 5.41 Å². The van der Waals surface area contributed by atoms with E-state index in [0.29, 0.717) is 29.9 Å². The van der Waals surface area contributed by atoms with Gasteiger partial charge < -0.3 is 14.8 Å². The fourth-order valence-corrected chi connectivity index (χ4v) is 4.50. The Morgan fingerprint density at radius 3 is 2.53 bits per heavy atom. The zero-order chi connectivity index (χ0) is 21.0. The molecule has 2 aliphatic carbocycles. The van der Waals surface area contributed by atoms with Gasteiger partial charge in [0, 0.05) is 11.4 Å². The zero-order valence-electron chi connectivity index (χ0n) is 18.2. The minimum atomic E-state index is -0.244. The van der Waals surface area contributed by atoms with Crippen molar-refractivity contribution in [3.8, 4) is 11.6 Å². The molecule has 0 aliphatic heterocycles. The standard InChI is InChI=1S/C24H30N4O2/c1-13-9-20(22-27-28-23(30-22)25-16-7-8-17(29)12-16)26-21-18(13)10-15(14-5-6-14)11-19(21)24(2,3)4/h9-11,14,16-17,29H,5-8,12H2,1-4H3,(H,25,28)/t16-,17+/m0/s1. The molecule has 0 radical (unpaired) electrons. The third-order valence-corrected chi connectivity index (χ3v) is 6.38. The molecule has 2 aromatic heterocycles. The summed E-state index contributed by atoms with van der Waals surface area (Å²) in [5, 5.41) is 22.6. The average Bonchev–Trinajstić information content (AvgIpc) is 3.30. The number of hydrogen-bond donors (Lipinski definition) is 2. The number of pyridine rings is 1. The van der Waals surface area contributed by atoms with E-state index in [9.17, 15) is 5.11 Å². The SMILES string of the molecule is Cc1cc(-c2nnc(N[C@H]3CC[C@@H](O)C3)o2)nc2c(C(C)(C)C)cc(C3CC3)cc12. The molecule has 0 bridgehead atoms. The number of rotatable bonds is 4. The van der Waals surface area contributed by atoms with Crippen LogP contribution in [0.2, 0.25) is 0 Å². The van der Waals surface area contributed by atoms with Gasteiger partial charge in [-0.1, -0.05) is 31.9 Å². The van der Waals surface area contributed by atoms with Gasteiger partial charge >= 0.3 is 6.01 Å². The second kappa shape index (κ2) is 7.05. The predicted octanol–water partition coefficient (Wildman–Crippen LogP) is 5.09. The Balaban J connectivity index is 1.53. The van der Waals surface area contributed by atoms with Crippen LogP contribution in [0.5, 0.6) is 0 Å². The van der Waals surface area contributed by atoms with Crippen molar-refractivity contribution < 1.29 is 9.52 Å². The first-order valence-corrected chi connectivity index (χ1v) is 11.0. The smallest absolute Gasteiger partial charge is 0.316 e. The highest BCUT2D eigenvalue weighted by molar-refractivity contribution is 5.88. The van der Waals surface area contributed by atoms with Crippen LogP contribution in [-0.4, -0.2) is 32.4 Å². The first-order chi connectivity index (χ1) is 14.3. The van der Waals surface area contributed by atoms with Crippen LogP contribution < -0.4 is 5.32 Å². The van der Waals surface area contributed by atoms with Gasteiger partial charge in [-0.05, 0) is 79.2 Å². The van der Waals surface area contributed by atoms with E-state index in [1.807, 2.05) is 6.07 Å². The summed E-state index contributed by atoms with van der Waals surface area (Å²) in [5.74, 6) is 1.13. The quantitative estimate of drug-likeness (QED) is 0.628. The van der Waals surface area contributed by atoms with Crippen molar-refractivity contribution in [2.75, 3.05) is 5.32 Å². The Morgan fingerprint density at radius 1 is 1.07 bits per heavy atom. The van der Waals surface area contributed by atoms with Crippen LogP contribution in [0.25, 0.3) is 22.5 Å². The summed E-state index contributed by atoms with van der Waals surface area (Å²) in [4.78, 5) is 4.99. The summed E-state index contributed by atoms with van der Waals surface area (Å²) < 4.78 is 5.89. The van der Waals surface area contributed by atoms with Crippen LogP contribution in [0, 0.1) is 6.92 Å². The lowest BCUT2D eigenvalue weighted by molar-refractivity contribution is 0.182. The van der Waals surface area contributed by atoms with Gasteiger partial charge in [0.1, 0.15) is 5.69 Å². The summed E-state index contributed by atoms with van der Waals surface area (Å²) in [5.41, 5.74) is 5.60. The maximum absolute atomic E-state index is 9.72. The first-order valence-electron chi connectivity index (χ1n) is 11.0. The number of benzene rings is 1. The molecule has 2 fully saturated rings. The largest absolute Gasteiger partial charge is 0.402 e. The van der Waals surface area contributed by atoms with Gasteiger partial charge in [0.25, 0.3) is 5.89 Å². The van der Waals surface area contributed by atoms with E-state index in [2.05, 4.69) is 55.3 Å². The van der Waals surface area contributed by atoms with Crippen molar-refractivity contribution in [2.45, 2.75) is 83.3 Å². The lowest BCUT2D eigenvalue weighted by Crippen LogP contribution is -2.16. The number of nitrogens with zero attached hydrogens (tertiary/aromatic N) is 3. The number of hydrogen-bond acceptors (Lipinski definition) is 6. The van der Waals surface area contributed by atoms with Crippen LogP contribution in [0.4, 0.5) is 6.01 Å². The lowest BCUT2D eigenvalue weighted by Gasteiger charge is -2.23. The molecule has 2 aliphatic rings. The van der Waals surface area contributed by atoms with Crippen LogP contribution in [0.15, 0.2) is 22.6 Å². The summed E-state index contributed by atoms with van der Waals surface area (Å²) in [6.45, 7) is 8.86. The molecule has 0 unspecified atom stereocenters. The first kappa shape index (κ1) is 19.5. The van der Waals surface area contributed by atoms with Crippen molar-refractivity contribution in [1.29, 1.82) is 0 Å². The van der Waals surface area contributed by atoms with Crippen molar-refractivity contribution in [3.05, 3.63) is 34.9 Å². The molecule has 3 aromatic rings. The normalized spacial score (nSPS) is 22.0. The maximum atomic E-state index is 9.72. The average molecular weight is 407 g/mol. The molecule has 2 heterocycles. The molecule has 6 heteroatoms. The number of nitrogens with one attached hydrogen (secondary N) is 1. The second-order valence-corrected chi connectivity index (χ2v) is 10.0. The van der Waals surface area contributed by atoms with Gasteiger partial charge in [0.05, 0.1) is 11.6 Å². The minimum absolute atomic E-state index is 0.00786. The van der Waals surface area contributed by atoms with Gasteiger partial charge in [0.15, 0.2) is 0 Å². The predicted molar refractivity (Wildman–Crippen MR) is 118 cm³/mol. The molecular weight excluding hydrogens is 376 g/mol. The Labute approximate surface area is 177 Å². The van der Waals surface area contributed by atoms with E-state index in [0.717, 1.165) is 18.4 Å². The molecule has 2 saturated carbocycles. The number of aryl methyl sites for hydroxylation is 1. The van der Waals surface area contributed by atoms with E-state index in [1.165, 1.54) is 34.9 Å². The molecule has 1 aromatic carbocycles. The Hall–Kier alpha value is -2.47. The van der Waals surface area contributed by atoms with Gasteiger partial charge in [-0.2, -0.15) is 0 Å². The summed E-state index contributed by atoms with van der Waals surface area (Å²) in [6.07, 6.45) is 4.76. The highest BCUT2D eigenvalue weighted by Gasteiger charge is 2.28. The summed E-state index contributed by atoms with van der Waals surface area (Å²) in [7, 11) is 0. The number of fused-ring (bicyclic) bond motifs is 1. The maximum Gasteiger partial charge on any atom is 0.316 e. The van der Waals surface area contributed by atoms with Gasteiger partial charge in [-0.3, -0.25) is 0 Å². The fraction of sp³-hybridized carbons (Fsp3) is 0.542. The van der Waals surface area contributed by atoms with E-state index in [4.69, 9.17) is 9.40 Å². The highest BCUT2D eigenvalue weighted by Crippen LogP contribution is 2.44. The summed E-state index contributed by atoms with van der Waals surface area (Å²) >= 11 is 0. The van der Waals surface area contributed by atoms with E-state index < -0.39 is 0 Å². The van der Waals surface area contributed by atoms with Crippen molar-refractivity contribution >= 4 is 16.9 Å². The fourth-order valence-electron chi connectivity index (χ4n) is 4.50. The Bertz CT molecular complexity index is 1090. The van der Waals surface area contributed by atoms with E-state index in [1.54, 1.807) is 0 Å². The highest BCUT2D eigenvalue weighted by atomic mass is 16.4. The van der Waals surface area contributed by atoms with E-state index >= 15 is 0 Å². The third-order valence-electron chi connectivity index (χ3n) is 6.38. The van der Waals surface area contributed by atoms with Gasteiger partial charge in [-0.15, -0.1) is 5.10 Å². The molecule has 30 heavy (non-hydrogen) atoms. The monoisotopic (exact) mass is 406 g/mol. The number of aliphatic hydroxyl groups excluding tert-OH is 1. The van der Waals surface area contributed by atoms with Crippen LogP contribution in [0.3, 0.4) is 0 Å². The molecule has 158 valence electrons. The van der Waals surface area contributed by atoms with Crippen molar-refractivity contribution in [1.82, 2.24) is 15.2 Å². The zero-order valence-corrected chi connectivity index (χ0v) is 18.2. The number of aliphatic hydroxyl groups is 1.